The van der Waals surface area contributed by atoms with Gasteiger partial charge in [0.05, 0.1) is 7.11 Å². The van der Waals surface area contributed by atoms with Crippen LogP contribution in [0.1, 0.15) is 23.1 Å². The largest absolute Gasteiger partial charge is 0.469 e. The van der Waals surface area contributed by atoms with Crippen molar-refractivity contribution in [2.24, 2.45) is 0 Å². The molecule has 0 aromatic heterocycles. The van der Waals surface area contributed by atoms with Crippen LogP contribution in [-0.2, 0) is 16.0 Å². The quantitative estimate of drug-likeness (QED) is 0.501. The number of hydrogen-bond acceptors (Lipinski definition) is 2. The monoisotopic (exact) mass is 340 g/mol. The lowest BCUT2D eigenvalue weighted by molar-refractivity contribution is -0.140. The molecule has 2 nitrogen and oxygen atoms in total. The van der Waals surface area contributed by atoms with Gasteiger partial charge in [-0.3, -0.25) is 4.79 Å². The number of carbonyl (C=O) groups excluding carboxylic acids is 1. The highest BCUT2D eigenvalue weighted by molar-refractivity contribution is 5.71. The lowest BCUT2D eigenvalue weighted by atomic mass is 10.00. The van der Waals surface area contributed by atoms with E-state index in [1.807, 2.05) is 60.7 Å². The van der Waals surface area contributed by atoms with Crippen molar-refractivity contribution in [3.05, 3.63) is 95.6 Å². The van der Waals surface area contributed by atoms with Gasteiger partial charge in [-0.1, -0.05) is 72.5 Å². The minimum absolute atomic E-state index is 0.189. The van der Waals surface area contributed by atoms with Gasteiger partial charge in [0.1, 0.15) is 0 Å². The van der Waals surface area contributed by atoms with Gasteiger partial charge in [-0.15, -0.1) is 0 Å². The van der Waals surface area contributed by atoms with Gasteiger partial charge in [0.25, 0.3) is 0 Å². The summed E-state index contributed by atoms with van der Waals surface area (Å²) >= 11 is 0. The molecule has 0 atom stereocenters. The van der Waals surface area contributed by atoms with Crippen LogP contribution in [0.4, 0.5) is 0 Å². The Labute approximate surface area is 154 Å². The molecule has 3 aromatic rings. The van der Waals surface area contributed by atoms with Crippen LogP contribution < -0.4 is 0 Å². The molecule has 0 fully saturated rings. The van der Waals surface area contributed by atoms with E-state index in [1.54, 1.807) is 0 Å². The maximum Gasteiger partial charge on any atom is 0.305 e. The molecule has 0 amide bonds. The standard InChI is InChI=1S/C24H20O2/c1-26-24(25)18-16-20-13-11-19(12-14-20)15-17-22-9-5-6-10-23(22)21-7-3-2-4-8-21/h2-14H,16,18H2,1H3. The number of benzene rings is 3. The first kappa shape index (κ1) is 17.5. The third-order valence-electron chi connectivity index (χ3n) is 4.15. The van der Waals surface area contributed by atoms with E-state index in [9.17, 15) is 4.79 Å². The Hall–Kier alpha value is -3.31. The summed E-state index contributed by atoms with van der Waals surface area (Å²) in [6.07, 6.45) is 1.07. The highest BCUT2D eigenvalue weighted by atomic mass is 16.5. The summed E-state index contributed by atoms with van der Waals surface area (Å²) in [4.78, 5) is 11.2. The Balaban J connectivity index is 1.77. The molecule has 0 aliphatic heterocycles. The third-order valence-corrected chi connectivity index (χ3v) is 4.15. The molecule has 0 aliphatic rings. The highest BCUT2D eigenvalue weighted by Gasteiger charge is 2.02. The molecule has 0 unspecified atom stereocenters. The van der Waals surface area contributed by atoms with E-state index in [4.69, 9.17) is 0 Å². The molecule has 0 spiro atoms. The van der Waals surface area contributed by atoms with Crippen LogP contribution in [0, 0.1) is 11.8 Å². The third kappa shape index (κ3) is 4.62. The van der Waals surface area contributed by atoms with Crippen LogP contribution in [0.15, 0.2) is 78.9 Å². The Morgan fingerprint density at radius 2 is 1.54 bits per heavy atom. The Kier molecular flexibility index (Phi) is 5.85. The molecule has 26 heavy (non-hydrogen) atoms. The number of carbonyl (C=O) groups is 1. The van der Waals surface area contributed by atoms with Crippen molar-refractivity contribution in [2.75, 3.05) is 7.11 Å². The number of ether oxygens (including phenoxy) is 1. The number of rotatable bonds is 4. The fraction of sp³-hybridized carbons (Fsp3) is 0.125. The van der Waals surface area contributed by atoms with E-state index in [-0.39, 0.29) is 5.97 Å². The predicted octanol–water partition coefficient (Wildman–Crippen LogP) is 4.86. The molecule has 0 saturated carbocycles. The van der Waals surface area contributed by atoms with Gasteiger partial charge in [0.2, 0.25) is 0 Å². The molecule has 0 saturated heterocycles. The van der Waals surface area contributed by atoms with Crippen LogP contribution in [0.25, 0.3) is 11.1 Å². The smallest absolute Gasteiger partial charge is 0.305 e. The lowest BCUT2D eigenvalue weighted by Gasteiger charge is -2.04. The molecular weight excluding hydrogens is 320 g/mol. The summed E-state index contributed by atoms with van der Waals surface area (Å²) in [5, 5.41) is 0. The van der Waals surface area contributed by atoms with Crippen molar-refractivity contribution in [1.82, 2.24) is 0 Å². The molecule has 0 N–H and O–H groups in total. The Bertz CT molecular complexity index is 929. The Morgan fingerprint density at radius 3 is 2.27 bits per heavy atom. The van der Waals surface area contributed by atoms with Crippen LogP contribution in [0.3, 0.4) is 0 Å². The maximum absolute atomic E-state index is 11.2. The zero-order chi connectivity index (χ0) is 18.2. The summed E-state index contributed by atoms with van der Waals surface area (Å²) in [7, 11) is 1.41. The summed E-state index contributed by atoms with van der Waals surface area (Å²) < 4.78 is 4.67. The predicted molar refractivity (Wildman–Crippen MR) is 105 cm³/mol. The number of aryl methyl sites for hydroxylation is 1. The van der Waals surface area contributed by atoms with Crippen molar-refractivity contribution in [2.45, 2.75) is 12.8 Å². The topological polar surface area (TPSA) is 26.3 Å². The van der Waals surface area contributed by atoms with Crippen LogP contribution in [0.2, 0.25) is 0 Å². The van der Waals surface area contributed by atoms with Crippen LogP contribution >= 0.6 is 0 Å². The first-order chi connectivity index (χ1) is 12.8. The maximum atomic E-state index is 11.2. The average molecular weight is 340 g/mol. The van der Waals surface area contributed by atoms with Gasteiger partial charge in [-0.2, -0.15) is 0 Å². The first-order valence-corrected chi connectivity index (χ1v) is 8.58. The minimum Gasteiger partial charge on any atom is -0.469 e. The molecule has 3 aromatic carbocycles. The fourth-order valence-electron chi connectivity index (χ4n) is 2.70. The molecule has 3 rings (SSSR count). The van der Waals surface area contributed by atoms with E-state index >= 15 is 0 Å². The van der Waals surface area contributed by atoms with Gasteiger partial charge in [-0.05, 0) is 41.3 Å². The number of hydrogen-bond donors (Lipinski definition) is 0. The van der Waals surface area contributed by atoms with E-state index in [1.165, 1.54) is 7.11 Å². The second kappa shape index (κ2) is 8.69. The van der Waals surface area contributed by atoms with Crippen LogP contribution in [-0.4, -0.2) is 13.1 Å². The zero-order valence-corrected chi connectivity index (χ0v) is 14.7. The lowest BCUT2D eigenvalue weighted by Crippen LogP contribution is -2.01. The van der Waals surface area contributed by atoms with E-state index in [2.05, 4.69) is 34.8 Å². The molecular formula is C24H20O2. The molecule has 2 heteroatoms. The summed E-state index contributed by atoms with van der Waals surface area (Å²) in [6.45, 7) is 0. The van der Waals surface area contributed by atoms with Crippen molar-refractivity contribution >= 4 is 5.97 Å². The normalized spacial score (nSPS) is 9.88. The minimum atomic E-state index is -0.189. The number of esters is 1. The molecule has 0 heterocycles. The molecule has 0 radical (unpaired) electrons. The van der Waals surface area contributed by atoms with Crippen molar-refractivity contribution < 1.29 is 9.53 Å². The summed E-state index contributed by atoms with van der Waals surface area (Å²) in [5.74, 6) is 6.33. The van der Waals surface area contributed by atoms with Crippen LogP contribution in [0.5, 0.6) is 0 Å². The van der Waals surface area contributed by atoms with E-state index < -0.39 is 0 Å². The van der Waals surface area contributed by atoms with Crippen molar-refractivity contribution in [1.29, 1.82) is 0 Å². The SMILES string of the molecule is COC(=O)CCc1ccc(C#Cc2ccccc2-c2ccccc2)cc1. The van der Waals surface area contributed by atoms with Crippen molar-refractivity contribution in [3.8, 4) is 23.0 Å². The van der Waals surface area contributed by atoms with Gasteiger partial charge in [-0.25, -0.2) is 0 Å². The second-order valence-electron chi connectivity index (χ2n) is 5.93. The second-order valence-corrected chi connectivity index (χ2v) is 5.93. The molecule has 0 aliphatic carbocycles. The number of methoxy groups -OCH3 is 1. The summed E-state index contributed by atoms with van der Waals surface area (Å²) in [5.41, 5.74) is 5.36. The molecule has 0 bridgehead atoms. The van der Waals surface area contributed by atoms with Crippen molar-refractivity contribution in [3.63, 3.8) is 0 Å². The fourth-order valence-corrected chi connectivity index (χ4v) is 2.70. The Morgan fingerprint density at radius 1 is 0.846 bits per heavy atom. The van der Waals surface area contributed by atoms with Gasteiger partial charge >= 0.3 is 5.97 Å². The van der Waals surface area contributed by atoms with E-state index in [0.717, 1.165) is 27.8 Å². The van der Waals surface area contributed by atoms with Gasteiger partial charge in [0, 0.05) is 17.5 Å². The average Bonchev–Trinajstić information content (AvgIpc) is 2.72. The van der Waals surface area contributed by atoms with E-state index in [0.29, 0.717) is 12.8 Å². The zero-order valence-electron chi connectivity index (χ0n) is 14.7. The first-order valence-electron chi connectivity index (χ1n) is 8.58. The van der Waals surface area contributed by atoms with Gasteiger partial charge in [0.15, 0.2) is 0 Å². The highest BCUT2D eigenvalue weighted by Crippen LogP contribution is 2.22. The summed E-state index contributed by atoms with van der Waals surface area (Å²) in [6, 6.07) is 26.4. The van der Waals surface area contributed by atoms with Gasteiger partial charge < -0.3 is 4.74 Å². The molecule has 128 valence electrons.